The first-order chi connectivity index (χ1) is 12.2. The number of carbonyl (C=O) groups excluding carboxylic acids is 1. The maximum Gasteiger partial charge on any atom is 0.251 e. The van der Waals surface area contributed by atoms with Crippen molar-refractivity contribution < 1.29 is 13.9 Å². The van der Waals surface area contributed by atoms with E-state index in [0.29, 0.717) is 17.4 Å². The monoisotopic (exact) mass is 345 g/mol. The average molecular weight is 345 g/mol. The van der Waals surface area contributed by atoms with Crippen molar-refractivity contribution in [2.75, 3.05) is 20.2 Å². The summed E-state index contributed by atoms with van der Waals surface area (Å²) in [7, 11) is 1.56. The molecule has 1 saturated heterocycles. The van der Waals surface area contributed by atoms with Crippen molar-refractivity contribution in [3.63, 3.8) is 0 Å². The van der Waals surface area contributed by atoms with E-state index >= 15 is 0 Å². The van der Waals surface area contributed by atoms with Crippen LogP contribution in [0.3, 0.4) is 0 Å². The molecule has 0 aromatic heterocycles. The number of benzene rings is 1. The topological polar surface area (TPSA) is 53.6 Å². The summed E-state index contributed by atoms with van der Waals surface area (Å²) in [4.78, 5) is 15.0. The molecule has 0 spiro atoms. The number of hydrogen-bond donors (Lipinski definition) is 2. The molecule has 2 aliphatic heterocycles. The van der Waals surface area contributed by atoms with Crippen LogP contribution >= 0.6 is 0 Å². The van der Waals surface area contributed by atoms with Gasteiger partial charge in [-0.2, -0.15) is 0 Å². The summed E-state index contributed by atoms with van der Waals surface area (Å²) in [6.07, 6.45) is 4.91. The van der Waals surface area contributed by atoms with E-state index in [-0.39, 0.29) is 30.4 Å². The molecule has 25 heavy (non-hydrogen) atoms. The van der Waals surface area contributed by atoms with E-state index in [2.05, 4.69) is 16.7 Å². The highest BCUT2D eigenvalue weighted by molar-refractivity contribution is 5.95. The van der Waals surface area contributed by atoms with Crippen molar-refractivity contribution in [3.8, 4) is 5.75 Å². The number of hydrogen-bond acceptors (Lipinski definition) is 4. The van der Waals surface area contributed by atoms with E-state index in [1.807, 2.05) is 4.90 Å². The van der Waals surface area contributed by atoms with Crippen LogP contribution in [0.15, 0.2) is 29.8 Å². The molecular formula is C19H24FN3O2. The summed E-state index contributed by atoms with van der Waals surface area (Å²) in [5.41, 5.74) is 1.32. The van der Waals surface area contributed by atoms with Crippen molar-refractivity contribution in [1.29, 1.82) is 0 Å². The van der Waals surface area contributed by atoms with E-state index in [4.69, 9.17) is 4.74 Å². The molecular weight excluding hydrogens is 321 g/mol. The zero-order valence-corrected chi connectivity index (χ0v) is 14.4. The van der Waals surface area contributed by atoms with Crippen molar-refractivity contribution >= 4 is 5.91 Å². The van der Waals surface area contributed by atoms with Gasteiger partial charge in [0.25, 0.3) is 5.91 Å². The van der Waals surface area contributed by atoms with Crippen LogP contribution in [0.25, 0.3) is 0 Å². The minimum atomic E-state index is -0.297. The molecule has 2 heterocycles. The lowest BCUT2D eigenvalue weighted by atomic mass is 9.93. The van der Waals surface area contributed by atoms with Crippen molar-refractivity contribution in [1.82, 2.24) is 15.5 Å². The van der Waals surface area contributed by atoms with E-state index in [1.165, 1.54) is 6.07 Å². The fraction of sp³-hybridized carbons (Fsp3) is 0.526. The number of fused-ring (bicyclic) bond motifs is 2. The molecule has 0 radical (unpaired) electrons. The van der Waals surface area contributed by atoms with Gasteiger partial charge in [0.15, 0.2) is 0 Å². The Balaban J connectivity index is 1.56. The zero-order valence-electron chi connectivity index (χ0n) is 14.4. The maximum atomic E-state index is 14.2. The molecule has 3 aliphatic rings. The van der Waals surface area contributed by atoms with Gasteiger partial charge in [0.05, 0.1) is 13.2 Å². The molecule has 6 heteroatoms. The van der Waals surface area contributed by atoms with Gasteiger partial charge in [-0.1, -0.05) is 6.08 Å². The number of carbonyl (C=O) groups is 1. The molecule has 2 bridgehead atoms. The molecule has 1 aromatic rings. The van der Waals surface area contributed by atoms with Crippen LogP contribution in [0.4, 0.5) is 4.39 Å². The second-order valence-corrected chi connectivity index (χ2v) is 7.09. The van der Waals surface area contributed by atoms with E-state index in [1.54, 1.807) is 19.2 Å². The summed E-state index contributed by atoms with van der Waals surface area (Å²) in [5.74, 6) is 0.344. The summed E-state index contributed by atoms with van der Waals surface area (Å²) in [6, 6.07) is 5.36. The second-order valence-electron chi connectivity index (χ2n) is 7.09. The molecule has 2 fully saturated rings. The first-order valence-corrected chi connectivity index (χ1v) is 8.96. The van der Waals surface area contributed by atoms with E-state index in [9.17, 15) is 9.18 Å². The number of piperazine rings is 1. The van der Waals surface area contributed by atoms with Crippen LogP contribution in [0.5, 0.6) is 5.75 Å². The highest BCUT2D eigenvalue weighted by atomic mass is 19.1. The summed E-state index contributed by atoms with van der Waals surface area (Å²) >= 11 is 0. The molecule has 5 nitrogen and oxygen atoms in total. The van der Waals surface area contributed by atoms with Gasteiger partial charge in [0, 0.05) is 42.9 Å². The third-order valence-electron chi connectivity index (χ3n) is 5.26. The fourth-order valence-electron chi connectivity index (χ4n) is 3.70. The first-order valence-electron chi connectivity index (χ1n) is 8.96. The lowest BCUT2D eigenvalue weighted by Gasteiger charge is -2.38. The summed E-state index contributed by atoms with van der Waals surface area (Å²) < 4.78 is 19.4. The molecule has 134 valence electrons. The first kappa shape index (κ1) is 16.5. The number of nitrogens with zero attached hydrogens (tertiary/aromatic N) is 1. The Bertz CT molecular complexity index is 702. The van der Waals surface area contributed by atoms with Gasteiger partial charge in [0.2, 0.25) is 0 Å². The van der Waals surface area contributed by atoms with Crippen LogP contribution in [0.2, 0.25) is 0 Å². The molecule has 2 unspecified atom stereocenters. The minimum absolute atomic E-state index is 0.0318. The Morgan fingerprint density at radius 2 is 2.20 bits per heavy atom. The Hall–Kier alpha value is -1.92. The van der Waals surface area contributed by atoms with Gasteiger partial charge in [-0.25, -0.2) is 4.39 Å². The number of ether oxygens (including phenoxy) is 1. The van der Waals surface area contributed by atoms with Crippen LogP contribution in [-0.2, 0) is 11.3 Å². The maximum absolute atomic E-state index is 14.2. The SMILES string of the molecule is COc1ccc(F)c(CN(C(=O)C2=CCC3CNCC2N3)C2CC2)c1. The summed E-state index contributed by atoms with van der Waals surface area (Å²) in [5, 5.41) is 6.90. The van der Waals surface area contributed by atoms with Crippen molar-refractivity contribution in [2.45, 2.75) is 43.9 Å². The lowest BCUT2D eigenvalue weighted by Crippen LogP contribution is -2.59. The lowest BCUT2D eigenvalue weighted by molar-refractivity contribution is -0.128. The van der Waals surface area contributed by atoms with Gasteiger partial charge in [-0.05, 0) is 37.5 Å². The second kappa shape index (κ2) is 6.77. The summed E-state index contributed by atoms with van der Waals surface area (Å²) in [6.45, 7) is 1.99. The predicted molar refractivity (Wildman–Crippen MR) is 92.8 cm³/mol. The van der Waals surface area contributed by atoms with Crippen molar-refractivity contribution in [2.24, 2.45) is 0 Å². The third-order valence-corrected chi connectivity index (χ3v) is 5.26. The van der Waals surface area contributed by atoms with Crippen LogP contribution in [-0.4, -0.2) is 49.1 Å². The Labute approximate surface area is 147 Å². The smallest absolute Gasteiger partial charge is 0.251 e. The highest BCUT2D eigenvalue weighted by Gasteiger charge is 2.38. The van der Waals surface area contributed by atoms with Gasteiger partial charge >= 0.3 is 0 Å². The zero-order chi connectivity index (χ0) is 17.4. The third kappa shape index (κ3) is 3.41. The quantitative estimate of drug-likeness (QED) is 0.851. The Morgan fingerprint density at radius 3 is 2.96 bits per heavy atom. The highest BCUT2D eigenvalue weighted by Crippen LogP contribution is 2.32. The van der Waals surface area contributed by atoms with Gasteiger partial charge < -0.3 is 20.3 Å². The number of nitrogens with one attached hydrogen (secondary N) is 2. The van der Waals surface area contributed by atoms with Crippen LogP contribution < -0.4 is 15.4 Å². The Kier molecular flexibility index (Phi) is 4.48. The Morgan fingerprint density at radius 1 is 1.36 bits per heavy atom. The number of methoxy groups -OCH3 is 1. The fourth-order valence-corrected chi connectivity index (χ4v) is 3.70. The van der Waals surface area contributed by atoms with Gasteiger partial charge in [-0.3, -0.25) is 4.79 Å². The van der Waals surface area contributed by atoms with Crippen molar-refractivity contribution in [3.05, 3.63) is 41.2 Å². The van der Waals surface area contributed by atoms with Crippen LogP contribution in [0, 0.1) is 5.82 Å². The van der Waals surface area contributed by atoms with Crippen LogP contribution in [0.1, 0.15) is 24.8 Å². The standard InChI is InChI=1S/C19H24FN3O2/c1-25-15-5-7-17(20)12(8-15)11-23(14-3-4-14)19(24)16-6-2-13-9-21-10-18(16)22-13/h5-8,13-14,18,21-22H,2-4,9-11H2,1H3. The average Bonchev–Trinajstić information content (AvgIpc) is 3.46. The largest absolute Gasteiger partial charge is 0.497 e. The molecule has 1 aliphatic carbocycles. The van der Waals surface area contributed by atoms with Gasteiger partial charge in [0.1, 0.15) is 11.6 Å². The molecule has 1 amide bonds. The minimum Gasteiger partial charge on any atom is -0.497 e. The number of rotatable bonds is 5. The molecule has 2 N–H and O–H groups in total. The van der Waals surface area contributed by atoms with E-state index < -0.39 is 0 Å². The number of halogens is 1. The predicted octanol–water partition coefficient (Wildman–Crippen LogP) is 1.59. The normalized spacial score (nSPS) is 25.3. The molecule has 1 aromatic carbocycles. The molecule has 2 atom stereocenters. The number of amides is 1. The van der Waals surface area contributed by atoms with E-state index in [0.717, 1.165) is 37.9 Å². The molecule has 1 saturated carbocycles. The molecule has 4 rings (SSSR count). The van der Waals surface area contributed by atoms with Gasteiger partial charge in [-0.15, -0.1) is 0 Å².